The van der Waals surface area contributed by atoms with Crippen molar-refractivity contribution in [3.05, 3.63) is 64.7 Å². The molecule has 0 aromatic heterocycles. The molecule has 0 heterocycles. The predicted octanol–water partition coefficient (Wildman–Crippen LogP) is 5.77. The van der Waals surface area contributed by atoms with Gasteiger partial charge >= 0.3 is 0 Å². The molecule has 1 unspecified atom stereocenters. The van der Waals surface area contributed by atoms with E-state index in [4.69, 9.17) is 0 Å². The van der Waals surface area contributed by atoms with Crippen LogP contribution in [0.25, 0.3) is 0 Å². The Hall–Kier alpha value is -1.87. The number of aryl methyl sites for hydroxylation is 1. The first-order valence-electron chi connectivity index (χ1n) is 9.46. The molecule has 0 N–H and O–H groups in total. The number of thioether (sulfide) groups is 1. The monoisotopic (exact) mass is 366 g/mol. The van der Waals surface area contributed by atoms with Gasteiger partial charge in [0.1, 0.15) is 0 Å². The summed E-state index contributed by atoms with van der Waals surface area (Å²) in [6, 6.07) is 14.1. The molecule has 2 aliphatic carbocycles. The zero-order valence-electron chi connectivity index (χ0n) is 15.6. The number of benzene rings is 2. The van der Waals surface area contributed by atoms with Gasteiger partial charge in [-0.1, -0.05) is 50.1 Å². The second-order valence-corrected chi connectivity index (χ2v) is 7.89. The van der Waals surface area contributed by atoms with Crippen molar-refractivity contribution in [2.75, 3.05) is 6.26 Å². The van der Waals surface area contributed by atoms with E-state index in [2.05, 4.69) is 25.3 Å². The number of rotatable bonds is 4. The van der Waals surface area contributed by atoms with E-state index in [1.165, 1.54) is 28.9 Å². The highest BCUT2D eigenvalue weighted by molar-refractivity contribution is 7.98. The van der Waals surface area contributed by atoms with Crippen LogP contribution in [0, 0.1) is 5.92 Å². The molecule has 0 radical (unpaired) electrons. The number of unbranched alkanes of at least 4 members (excludes halogenated alkanes) is 1. The summed E-state index contributed by atoms with van der Waals surface area (Å²) < 4.78 is 0. The number of carbonyl (C=O) groups excluding carboxylic acids is 2. The number of hydrogen-bond donors (Lipinski definition) is 0. The maximum atomic E-state index is 11.9. The summed E-state index contributed by atoms with van der Waals surface area (Å²) in [5.41, 5.74) is 4.38. The van der Waals surface area contributed by atoms with E-state index in [0.717, 1.165) is 30.4 Å². The normalized spacial score (nSPS) is 17.5. The van der Waals surface area contributed by atoms with Crippen molar-refractivity contribution in [3.63, 3.8) is 0 Å². The van der Waals surface area contributed by atoms with Crippen molar-refractivity contribution in [1.82, 2.24) is 0 Å². The lowest BCUT2D eigenvalue weighted by Gasteiger charge is -2.05. The van der Waals surface area contributed by atoms with Crippen LogP contribution in [0.4, 0.5) is 0 Å². The van der Waals surface area contributed by atoms with Gasteiger partial charge in [-0.25, -0.2) is 0 Å². The minimum absolute atomic E-state index is 0.271. The Morgan fingerprint density at radius 3 is 2.54 bits per heavy atom. The van der Waals surface area contributed by atoms with Crippen molar-refractivity contribution in [3.8, 4) is 0 Å². The maximum absolute atomic E-state index is 11.9. The molecule has 2 aromatic rings. The van der Waals surface area contributed by atoms with Gasteiger partial charge < -0.3 is 0 Å². The predicted molar refractivity (Wildman–Crippen MR) is 108 cm³/mol. The lowest BCUT2D eigenvalue weighted by atomic mass is 9.98. The third kappa shape index (κ3) is 4.09. The molecule has 26 heavy (non-hydrogen) atoms. The van der Waals surface area contributed by atoms with E-state index in [9.17, 15) is 9.59 Å². The van der Waals surface area contributed by atoms with E-state index < -0.39 is 0 Å². The lowest BCUT2D eigenvalue weighted by Crippen LogP contribution is -2.08. The number of carbonyl (C=O) groups is 2. The van der Waals surface area contributed by atoms with Gasteiger partial charge in [-0.15, -0.1) is 11.8 Å². The van der Waals surface area contributed by atoms with Crippen LogP contribution in [0.3, 0.4) is 0 Å². The second kappa shape index (κ2) is 8.68. The molecule has 1 atom stereocenters. The first-order valence-corrected chi connectivity index (χ1v) is 10.7. The summed E-state index contributed by atoms with van der Waals surface area (Å²) in [5, 5.41) is 0. The Labute approximate surface area is 160 Å². The maximum Gasteiger partial charge on any atom is 0.166 e. The van der Waals surface area contributed by atoms with Crippen LogP contribution < -0.4 is 0 Å². The highest BCUT2D eigenvalue weighted by atomic mass is 32.2. The molecule has 2 aromatic carbocycles. The highest BCUT2D eigenvalue weighted by Crippen LogP contribution is 2.29. The minimum Gasteiger partial charge on any atom is -0.294 e. The second-order valence-electron chi connectivity index (χ2n) is 7.01. The van der Waals surface area contributed by atoms with Crippen molar-refractivity contribution in [2.24, 2.45) is 5.92 Å². The molecule has 3 heteroatoms. The number of fused-ring (bicyclic) bond motifs is 2. The van der Waals surface area contributed by atoms with E-state index in [-0.39, 0.29) is 5.92 Å². The Balaban J connectivity index is 0.000000152. The zero-order chi connectivity index (χ0) is 18.5. The smallest absolute Gasteiger partial charge is 0.166 e. The van der Waals surface area contributed by atoms with Gasteiger partial charge in [-0.2, -0.15) is 0 Å². The quantitative estimate of drug-likeness (QED) is 0.644. The van der Waals surface area contributed by atoms with Gasteiger partial charge in [0.2, 0.25) is 0 Å². The fourth-order valence-corrected chi connectivity index (χ4v) is 4.22. The largest absolute Gasteiger partial charge is 0.294 e. The molecular weight excluding hydrogens is 340 g/mol. The van der Waals surface area contributed by atoms with Gasteiger partial charge in [-0.05, 0) is 48.8 Å². The number of Topliss-reactive ketones (excluding diaryl/α,β-unsaturated/α-hetero) is 2. The average molecular weight is 367 g/mol. The molecule has 0 saturated heterocycles. The Morgan fingerprint density at radius 2 is 1.81 bits per heavy atom. The summed E-state index contributed by atoms with van der Waals surface area (Å²) in [6.07, 6.45) is 8.07. The molecular formula is C23H26O2S. The average Bonchev–Trinajstić information content (AvgIpc) is 3.20. The number of ketones is 2. The SMILES string of the molecule is CCCCC1Cc2ccccc2C1=O.CSc1ccc2c(c1)CCC2=O. The zero-order valence-corrected chi connectivity index (χ0v) is 16.4. The van der Waals surface area contributed by atoms with Crippen molar-refractivity contribution in [1.29, 1.82) is 0 Å². The van der Waals surface area contributed by atoms with Crippen LogP contribution in [0.2, 0.25) is 0 Å². The van der Waals surface area contributed by atoms with E-state index in [1.807, 2.05) is 30.3 Å². The van der Waals surface area contributed by atoms with Crippen LogP contribution in [-0.4, -0.2) is 17.8 Å². The van der Waals surface area contributed by atoms with Gasteiger partial charge in [0.05, 0.1) is 0 Å². The Kier molecular flexibility index (Phi) is 6.31. The van der Waals surface area contributed by atoms with Gasteiger partial charge in [0.15, 0.2) is 11.6 Å². The van der Waals surface area contributed by atoms with Crippen molar-refractivity contribution >= 4 is 23.3 Å². The van der Waals surface area contributed by atoms with E-state index in [0.29, 0.717) is 18.0 Å². The van der Waals surface area contributed by atoms with Crippen LogP contribution in [0.5, 0.6) is 0 Å². The first kappa shape index (κ1) is 18.9. The van der Waals surface area contributed by atoms with E-state index >= 15 is 0 Å². The molecule has 0 bridgehead atoms. The minimum atomic E-state index is 0.271. The molecule has 0 aliphatic heterocycles. The van der Waals surface area contributed by atoms with Gasteiger partial charge in [0.25, 0.3) is 0 Å². The summed E-state index contributed by atoms with van der Waals surface area (Å²) in [7, 11) is 0. The molecule has 136 valence electrons. The number of hydrogen-bond acceptors (Lipinski definition) is 3. The molecule has 0 fully saturated rings. The van der Waals surface area contributed by atoms with Crippen LogP contribution in [0.15, 0.2) is 47.4 Å². The molecule has 0 saturated carbocycles. The summed E-state index contributed by atoms with van der Waals surface area (Å²) in [6.45, 7) is 2.17. The standard InChI is InChI=1S/C13H16O.C10H10OS/c1-2-3-6-11-9-10-7-4-5-8-12(10)13(11)14;1-12-8-3-4-9-7(6-8)2-5-10(9)11/h4-5,7-8,11H,2-3,6,9H2,1H3;3-4,6H,2,5H2,1H3. The van der Waals surface area contributed by atoms with Crippen LogP contribution >= 0.6 is 11.8 Å². The van der Waals surface area contributed by atoms with Gasteiger partial charge in [-0.3, -0.25) is 9.59 Å². The third-order valence-electron chi connectivity index (χ3n) is 5.26. The summed E-state index contributed by atoms with van der Waals surface area (Å²) in [4.78, 5) is 24.4. The van der Waals surface area contributed by atoms with Crippen molar-refractivity contribution < 1.29 is 9.59 Å². The summed E-state index contributed by atoms with van der Waals surface area (Å²) >= 11 is 1.72. The molecule has 0 amide bonds. The molecule has 2 nitrogen and oxygen atoms in total. The fraction of sp³-hybridized carbons (Fsp3) is 0.391. The van der Waals surface area contributed by atoms with Gasteiger partial charge in [0, 0.05) is 28.4 Å². The lowest BCUT2D eigenvalue weighted by molar-refractivity contribution is 0.0928. The molecule has 2 aliphatic rings. The van der Waals surface area contributed by atoms with E-state index in [1.54, 1.807) is 11.8 Å². The fourth-order valence-electron chi connectivity index (χ4n) is 3.76. The molecule has 0 spiro atoms. The highest BCUT2D eigenvalue weighted by Gasteiger charge is 2.28. The third-order valence-corrected chi connectivity index (χ3v) is 5.99. The topological polar surface area (TPSA) is 34.1 Å². The van der Waals surface area contributed by atoms with Crippen LogP contribution in [0.1, 0.15) is 64.4 Å². The van der Waals surface area contributed by atoms with Crippen molar-refractivity contribution in [2.45, 2.75) is 50.3 Å². The Bertz CT molecular complexity index is 810. The first-order chi connectivity index (χ1) is 12.6. The summed E-state index contributed by atoms with van der Waals surface area (Å²) in [5.74, 6) is 0.944. The Morgan fingerprint density at radius 1 is 1.00 bits per heavy atom. The molecule has 4 rings (SSSR count). The van der Waals surface area contributed by atoms with Crippen LogP contribution in [-0.2, 0) is 12.8 Å².